The summed E-state index contributed by atoms with van der Waals surface area (Å²) in [4.78, 5) is 10.8. The minimum atomic E-state index is -4.54. The fourth-order valence-electron chi connectivity index (χ4n) is 3.14. The molecule has 0 aromatic heterocycles. The van der Waals surface area contributed by atoms with Crippen molar-refractivity contribution in [2.24, 2.45) is 0 Å². The number of hydrogen-bond donors (Lipinski definition) is 2. The highest BCUT2D eigenvalue weighted by atomic mass is 32.2. The lowest BCUT2D eigenvalue weighted by molar-refractivity contribution is 0.0696. The number of carbonyl (C=O) groups is 1. The SMILES string of the molecule is C=CCN(c1cc(-c2ccccc2)ccc1F)S(=O)(=O)c1cc(C(=O)O)cc(C)c1O. The number of aromatic hydroxyl groups is 1. The van der Waals surface area contributed by atoms with Crippen LogP contribution in [0.2, 0.25) is 0 Å². The van der Waals surface area contributed by atoms with E-state index in [-0.39, 0.29) is 23.4 Å². The van der Waals surface area contributed by atoms with Gasteiger partial charge in [-0.25, -0.2) is 17.6 Å². The first-order chi connectivity index (χ1) is 14.7. The van der Waals surface area contributed by atoms with Crippen molar-refractivity contribution >= 4 is 21.7 Å². The number of phenolic OH excluding ortho intramolecular Hbond substituents is 1. The van der Waals surface area contributed by atoms with Crippen LogP contribution in [0.4, 0.5) is 10.1 Å². The number of sulfonamides is 1. The zero-order chi connectivity index (χ0) is 22.8. The molecule has 6 nitrogen and oxygen atoms in total. The molecule has 160 valence electrons. The second-order valence-electron chi connectivity index (χ2n) is 6.80. The summed E-state index contributed by atoms with van der Waals surface area (Å²) in [6, 6.07) is 15.1. The number of anilines is 1. The largest absolute Gasteiger partial charge is 0.506 e. The van der Waals surface area contributed by atoms with Gasteiger partial charge in [0.2, 0.25) is 0 Å². The number of hydrogen-bond acceptors (Lipinski definition) is 4. The van der Waals surface area contributed by atoms with Crippen LogP contribution in [0.3, 0.4) is 0 Å². The second kappa shape index (κ2) is 8.61. The van der Waals surface area contributed by atoms with E-state index in [1.807, 2.05) is 6.07 Å². The van der Waals surface area contributed by atoms with Crippen LogP contribution in [0.1, 0.15) is 15.9 Å². The van der Waals surface area contributed by atoms with Gasteiger partial charge in [0.25, 0.3) is 10.0 Å². The Morgan fingerprint density at radius 3 is 2.39 bits per heavy atom. The number of phenols is 1. The number of carboxylic acids is 1. The topological polar surface area (TPSA) is 94.9 Å². The average molecular weight is 441 g/mol. The van der Waals surface area contributed by atoms with Crippen LogP contribution in [0.25, 0.3) is 11.1 Å². The highest BCUT2D eigenvalue weighted by molar-refractivity contribution is 7.93. The molecule has 2 N–H and O–H groups in total. The van der Waals surface area contributed by atoms with Gasteiger partial charge in [-0.15, -0.1) is 6.58 Å². The summed E-state index contributed by atoms with van der Waals surface area (Å²) < 4.78 is 42.4. The maximum absolute atomic E-state index is 14.8. The summed E-state index contributed by atoms with van der Waals surface area (Å²) in [5, 5.41) is 19.7. The van der Waals surface area contributed by atoms with E-state index >= 15 is 0 Å². The van der Waals surface area contributed by atoms with Gasteiger partial charge in [0.05, 0.1) is 17.8 Å². The molecule has 3 aromatic carbocycles. The van der Waals surface area contributed by atoms with Crippen molar-refractivity contribution in [2.75, 3.05) is 10.8 Å². The molecule has 0 saturated carbocycles. The third-order valence-electron chi connectivity index (χ3n) is 4.70. The third kappa shape index (κ3) is 4.29. The Bertz CT molecular complexity index is 1260. The minimum absolute atomic E-state index is 0.0653. The van der Waals surface area contributed by atoms with Crippen molar-refractivity contribution in [1.82, 2.24) is 0 Å². The second-order valence-corrected chi connectivity index (χ2v) is 8.63. The van der Waals surface area contributed by atoms with Gasteiger partial charge in [0.1, 0.15) is 16.5 Å². The summed E-state index contributed by atoms with van der Waals surface area (Å²) >= 11 is 0. The van der Waals surface area contributed by atoms with Gasteiger partial charge in [-0.1, -0.05) is 42.5 Å². The molecule has 0 unspecified atom stereocenters. The summed E-state index contributed by atoms with van der Waals surface area (Å²) in [7, 11) is -4.54. The number of aryl methyl sites for hydroxylation is 1. The van der Waals surface area contributed by atoms with Gasteiger partial charge in [-0.3, -0.25) is 4.31 Å². The highest BCUT2D eigenvalue weighted by Crippen LogP contribution is 2.35. The number of rotatable bonds is 7. The standard InChI is InChI=1S/C23H20FNO5S/c1-3-11-25(20-13-17(9-10-19(20)24)16-7-5-4-6-8-16)31(29,30)21-14-18(23(27)28)12-15(2)22(21)26/h3-10,12-14,26H,1,11H2,2H3,(H,27,28). The third-order valence-corrected chi connectivity index (χ3v) is 6.49. The van der Waals surface area contributed by atoms with Crippen LogP contribution in [0.5, 0.6) is 5.75 Å². The maximum atomic E-state index is 14.8. The van der Waals surface area contributed by atoms with E-state index in [9.17, 15) is 27.8 Å². The Kier molecular flexibility index (Phi) is 6.12. The maximum Gasteiger partial charge on any atom is 0.335 e. The molecule has 0 aliphatic heterocycles. The molecule has 0 amide bonds. The van der Waals surface area contributed by atoms with Crippen molar-refractivity contribution in [2.45, 2.75) is 11.8 Å². The molecule has 0 fully saturated rings. The van der Waals surface area contributed by atoms with Gasteiger partial charge in [-0.05, 0) is 47.9 Å². The number of nitrogens with zero attached hydrogens (tertiary/aromatic N) is 1. The molecule has 0 aliphatic carbocycles. The molecule has 3 aromatic rings. The van der Waals surface area contributed by atoms with Crippen molar-refractivity contribution in [1.29, 1.82) is 0 Å². The Labute approximate surface area is 179 Å². The molecular formula is C23H20FNO5S. The fraction of sp³-hybridized carbons (Fsp3) is 0.0870. The Hall–Kier alpha value is -3.65. The lowest BCUT2D eigenvalue weighted by atomic mass is 10.1. The molecule has 3 rings (SSSR count). The van der Waals surface area contributed by atoms with Crippen molar-refractivity contribution in [3.05, 3.63) is 90.3 Å². The molecule has 0 bridgehead atoms. The number of halogens is 1. The first-order valence-corrected chi connectivity index (χ1v) is 10.7. The highest BCUT2D eigenvalue weighted by Gasteiger charge is 2.31. The van der Waals surface area contributed by atoms with E-state index in [0.717, 1.165) is 28.1 Å². The van der Waals surface area contributed by atoms with Crippen LogP contribution in [0, 0.1) is 12.7 Å². The smallest absolute Gasteiger partial charge is 0.335 e. The lowest BCUT2D eigenvalue weighted by Gasteiger charge is -2.25. The molecule has 8 heteroatoms. The molecule has 31 heavy (non-hydrogen) atoms. The van der Waals surface area contributed by atoms with Gasteiger partial charge in [0, 0.05) is 0 Å². The zero-order valence-electron chi connectivity index (χ0n) is 16.6. The molecule has 0 saturated heterocycles. The van der Waals surface area contributed by atoms with Crippen molar-refractivity contribution in [3.8, 4) is 16.9 Å². The van der Waals surface area contributed by atoms with E-state index in [2.05, 4.69) is 6.58 Å². The Morgan fingerprint density at radius 1 is 1.10 bits per heavy atom. The normalized spacial score (nSPS) is 11.2. The number of aromatic carboxylic acids is 1. The fourth-order valence-corrected chi connectivity index (χ4v) is 4.76. The first-order valence-electron chi connectivity index (χ1n) is 9.22. The molecule has 0 atom stereocenters. The summed E-state index contributed by atoms with van der Waals surface area (Å²) in [6.45, 7) is 4.63. The van der Waals surface area contributed by atoms with Crippen LogP contribution < -0.4 is 4.31 Å². The summed E-state index contributed by atoms with van der Waals surface area (Å²) in [5.74, 6) is -2.75. The van der Waals surface area contributed by atoms with Crippen LogP contribution >= 0.6 is 0 Å². The van der Waals surface area contributed by atoms with E-state index < -0.39 is 32.5 Å². The summed E-state index contributed by atoms with van der Waals surface area (Å²) in [5.41, 5.74) is 0.840. The minimum Gasteiger partial charge on any atom is -0.506 e. The van der Waals surface area contributed by atoms with Crippen molar-refractivity contribution < 1.29 is 27.8 Å². The van der Waals surface area contributed by atoms with Gasteiger partial charge in [-0.2, -0.15) is 0 Å². The molecule has 0 heterocycles. The predicted octanol–water partition coefficient (Wildman–Crippen LogP) is 4.59. The molecule has 0 aliphatic rings. The average Bonchev–Trinajstić information content (AvgIpc) is 2.74. The Balaban J connectivity index is 2.22. The van der Waals surface area contributed by atoms with Crippen LogP contribution in [-0.4, -0.2) is 31.1 Å². The van der Waals surface area contributed by atoms with Gasteiger partial charge >= 0.3 is 5.97 Å². The van der Waals surface area contributed by atoms with Crippen LogP contribution in [0.15, 0.2) is 78.2 Å². The van der Waals surface area contributed by atoms with Crippen LogP contribution in [-0.2, 0) is 10.0 Å². The summed E-state index contributed by atoms with van der Waals surface area (Å²) in [6.07, 6.45) is 1.27. The van der Waals surface area contributed by atoms with Crippen molar-refractivity contribution in [3.63, 3.8) is 0 Å². The quantitative estimate of drug-likeness (QED) is 0.523. The first kappa shape index (κ1) is 22.0. The zero-order valence-corrected chi connectivity index (χ0v) is 17.4. The predicted molar refractivity (Wildman–Crippen MR) is 116 cm³/mol. The van der Waals surface area contributed by atoms with Gasteiger partial charge < -0.3 is 10.2 Å². The lowest BCUT2D eigenvalue weighted by Crippen LogP contribution is -2.32. The van der Waals surface area contributed by atoms with E-state index in [1.54, 1.807) is 24.3 Å². The van der Waals surface area contributed by atoms with E-state index in [4.69, 9.17) is 0 Å². The monoisotopic (exact) mass is 441 g/mol. The van der Waals surface area contributed by atoms with E-state index in [0.29, 0.717) is 5.56 Å². The van der Waals surface area contributed by atoms with Gasteiger partial charge in [0.15, 0.2) is 0 Å². The van der Waals surface area contributed by atoms with E-state index in [1.165, 1.54) is 25.1 Å². The number of benzene rings is 3. The molecule has 0 spiro atoms. The number of carboxylic acid groups (broad SMARTS) is 1. The molecular weight excluding hydrogens is 421 g/mol. The molecule has 0 radical (unpaired) electrons. The Morgan fingerprint density at radius 2 is 1.77 bits per heavy atom.